The van der Waals surface area contributed by atoms with Crippen molar-refractivity contribution in [2.75, 3.05) is 5.73 Å². The second kappa shape index (κ2) is 2.74. The van der Waals surface area contributed by atoms with E-state index < -0.39 is 0 Å². The van der Waals surface area contributed by atoms with Crippen LogP contribution < -0.4 is 10.8 Å². The molecule has 0 aliphatic carbocycles. The second-order valence-corrected chi connectivity index (χ2v) is 2.49. The van der Waals surface area contributed by atoms with Gasteiger partial charge in [0.15, 0.2) is 0 Å². The molecule has 0 bridgehead atoms. The highest BCUT2D eigenvalue weighted by atomic mass is 16.3. The summed E-state index contributed by atoms with van der Waals surface area (Å²) in [6.07, 6.45) is 0. The van der Waals surface area contributed by atoms with Crippen LogP contribution >= 0.6 is 0 Å². The van der Waals surface area contributed by atoms with E-state index in [4.69, 9.17) is 5.73 Å². The molecule has 1 aromatic heterocycles. The van der Waals surface area contributed by atoms with Crippen LogP contribution in [0.25, 0.3) is 11.4 Å². The Bertz CT molecular complexity index is 411. The SMILES string of the molecule is Nc1cc(-c2nn[nH]n2)ccc1[O-]. The lowest BCUT2D eigenvalue weighted by atomic mass is 10.2. The third-order valence-electron chi connectivity index (χ3n) is 1.61. The highest BCUT2D eigenvalue weighted by molar-refractivity contribution is 5.64. The Kier molecular flexibility index (Phi) is 1.59. The molecule has 0 atom stereocenters. The summed E-state index contributed by atoms with van der Waals surface area (Å²) in [6.45, 7) is 0. The molecule has 0 fully saturated rings. The zero-order valence-corrected chi connectivity index (χ0v) is 6.56. The zero-order valence-electron chi connectivity index (χ0n) is 6.56. The predicted octanol–water partition coefficient (Wildman–Crippen LogP) is -0.478. The molecule has 6 heteroatoms. The van der Waals surface area contributed by atoms with Crippen molar-refractivity contribution in [2.24, 2.45) is 0 Å². The topological polar surface area (TPSA) is 104 Å². The lowest BCUT2D eigenvalue weighted by Gasteiger charge is -2.08. The summed E-state index contributed by atoms with van der Waals surface area (Å²) in [7, 11) is 0. The molecule has 2 rings (SSSR count). The fraction of sp³-hybridized carbons (Fsp3) is 0. The van der Waals surface area contributed by atoms with Gasteiger partial charge in [-0.1, -0.05) is 17.9 Å². The third-order valence-corrected chi connectivity index (χ3v) is 1.61. The number of tetrazole rings is 1. The molecule has 1 aromatic carbocycles. The standard InChI is InChI=1S/C7H7N5O/c8-5-3-4(1-2-6(5)13)7-9-11-12-10-7/h1-3,13H,8H2,(H,9,10,11,12)/p-1. The van der Waals surface area contributed by atoms with E-state index in [0.717, 1.165) is 0 Å². The maximum Gasteiger partial charge on any atom is 0.204 e. The lowest BCUT2D eigenvalue weighted by Crippen LogP contribution is -1.97. The average Bonchev–Trinajstić information content (AvgIpc) is 2.62. The number of aromatic amines is 1. The van der Waals surface area contributed by atoms with Gasteiger partial charge < -0.3 is 10.8 Å². The highest BCUT2D eigenvalue weighted by Gasteiger charge is 2.01. The van der Waals surface area contributed by atoms with Crippen molar-refractivity contribution < 1.29 is 5.11 Å². The van der Waals surface area contributed by atoms with Gasteiger partial charge in [-0.05, 0) is 11.3 Å². The van der Waals surface area contributed by atoms with E-state index >= 15 is 0 Å². The van der Waals surface area contributed by atoms with Gasteiger partial charge in [-0.2, -0.15) is 5.21 Å². The van der Waals surface area contributed by atoms with Gasteiger partial charge in [0.2, 0.25) is 5.82 Å². The van der Waals surface area contributed by atoms with Gasteiger partial charge in [-0.25, -0.2) is 0 Å². The van der Waals surface area contributed by atoms with Crippen molar-refractivity contribution in [3.63, 3.8) is 0 Å². The molecular formula is C7H6N5O-. The van der Waals surface area contributed by atoms with Crippen LogP contribution in [0, 0.1) is 0 Å². The van der Waals surface area contributed by atoms with Crippen LogP contribution in [0.3, 0.4) is 0 Å². The Balaban J connectivity index is 2.49. The number of rotatable bonds is 1. The number of anilines is 1. The number of nitrogen functional groups attached to an aromatic ring is 1. The first-order valence-electron chi connectivity index (χ1n) is 3.58. The summed E-state index contributed by atoms with van der Waals surface area (Å²) in [5.74, 6) is 0.221. The monoisotopic (exact) mass is 176 g/mol. The molecule has 0 aliphatic rings. The first kappa shape index (κ1) is 7.53. The lowest BCUT2D eigenvalue weighted by molar-refractivity contribution is -0.267. The summed E-state index contributed by atoms with van der Waals surface area (Å²) >= 11 is 0. The second-order valence-electron chi connectivity index (χ2n) is 2.49. The Morgan fingerprint density at radius 1 is 1.38 bits per heavy atom. The fourth-order valence-corrected chi connectivity index (χ4v) is 0.972. The normalized spacial score (nSPS) is 10.2. The van der Waals surface area contributed by atoms with E-state index in [1.165, 1.54) is 12.1 Å². The largest absolute Gasteiger partial charge is 0.871 e. The number of nitrogens with zero attached hydrogens (tertiary/aromatic N) is 3. The van der Waals surface area contributed by atoms with Crippen molar-refractivity contribution in [3.05, 3.63) is 18.2 Å². The van der Waals surface area contributed by atoms with Gasteiger partial charge in [0.25, 0.3) is 0 Å². The van der Waals surface area contributed by atoms with Gasteiger partial charge >= 0.3 is 0 Å². The fourth-order valence-electron chi connectivity index (χ4n) is 0.972. The Labute approximate surface area is 73.4 Å². The van der Waals surface area contributed by atoms with E-state index in [1.807, 2.05) is 0 Å². The number of hydrogen-bond donors (Lipinski definition) is 2. The van der Waals surface area contributed by atoms with Crippen molar-refractivity contribution >= 4 is 5.69 Å². The Morgan fingerprint density at radius 3 is 2.85 bits per heavy atom. The van der Waals surface area contributed by atoms with Crippen LogP contribution in [0.4, 0.5) is 5.69 Å². The molecule has 0 radical (unpaired) electrons. The quantitative estimate of drug-likeness (QED) is 0.571. The van der Waals surface area contributed by atoms with E-state index in [1.54, 1.807) is 6.07 Å². The third kappa shape index (κ3) is 1.28. The van der Waals surface area contributed by atoms with Gasteiger partial charge in [0, 0.05) is 11.3 Å². The van der Waals surface area contributed by atoms with Crippen molar-refractivity contribution in [1.82, 2.24) is 20.6 Å². The van der Waals surface area contributed by atoms with Crippen LogP contribution in [0.1, 0.15) is 0 Å². The highest BCUT2D eigenvalue weighted by Crippen LogP contribution is 2.22. The van der Waals surface area contributed by atoms with Gasteiger partial charge in [0.05, 0.1) is 0 Å². The molecule has 0 saturated heterocycles. The number of hydrogen-bond acceptors (Lipinski definition) is 5. The van der Waals surface area contributed by atoms with Crippen LogP contribution in [0.2, 0.25) is 0 Å². The van der Waals surface area contributed by atoms with Crippen molar-refractivity contribution in [1.29, 1.82) is 0 Å². The van der Waals surface area contributed by atoms with E-state index in [-0.39, 0.29) is 11.4 Å². The van der Waals surface area contributed by atoms with Crippen LogP contribution in [0.15, 0.2) is 18.2 Å². The molecule has 0 amide bonds. The molecule has 66 valence electrons. The molecule has 3 N–H and O–H groups in total. The first-order valence-corrected chi connectivity index (χ1v) is 3.58. The summed E-state index contributed by atoms with van der Waals surface area (Å²) in [5.41, 5.74) is 6.28. The minimum absolute atomic E-state index is 0.183. The summed E-state index contributed by atoms with van der Waals surface area (Å²) in [6, 6.07) is 4.50. The number of aromatic nitrogens is 4. The zero-order chi connectivity index (χ0) is 9.26. The van der Waals surface area contributed by atoms with Gasteiger partial charge in [-0.15, -0.1) is 10.2 Å². The van der Waals surface area contributed by atoms with Crippen LogP contribution in [-0.2, 0) is 0 Å². The van der Waals surface area contributed by atoms with Crippen molar-refractivity contribution in [2.45, 2.75) is 0 Å². The summed E-state index contributed by atoms with van der Waals surface area (Å²) < 4.78 is 0. The molecular weight excluding hydrogens is 170 g/mol. The molecule has 6 nitrogen and oxygen atoms in total. The van der Waals surface area contributed by atoms with Crippen LogP contribution in [-0.4, -0.2) is 20.6 Å². The molecule has 1 heterocycles. The minimum atomic E-state index is -0.202. The Morgan fingerprint density at radius 2 is 2.23 bits per heavy atom. The molecule has 0 spiro atoms. The molecule has 0 saturated carbocycles. The van der Waals surface area contributed by atoms with E-state index in [0.29, 0.717) is 11.4 Å². The minimum Gasteiger partial charge on any atom is -0.871 e. The molecule has 13 heavy (non-hydrogen) atoms. The molecule has 0 aliphatic heterocycles. The van der Waals surface area contributed by atoms with E-state index in [9.17, 15) is 5.11 Å². The maximum atomic E-state index is 11.0. The van der Waals surface area contributed by atoms with Gasteiger partial charge in [0.1, 0.15) is 0 Å². The van der Waals surface area contributed by atoms with Crippen LogP contribution in [0.5, 0.6) is 5.75 Å². The van der Waals surface area contributed by atoms with Crippen molar-refractivity contribution in [3.8, 4) is 17.1 Å². The Hall–Kier alpha value is -2.11. The number of H-pyrrole nitrogens is 1. The first-order chi connectivity index (χ1) is 6.27. The van der Waals surface area contributed by atoms with E-state index in [2.05, 4.69) is 20.6 Å². The average molecular weight is 176 g/mol. The number of benzene rings is 1. The maximum absolute atomic E-state index is 11.0. The van der Waals surface area contributed by atoms with Gasteiger partial charge in [-0.3, -0.25) is 0 Å². The summed E-state index contributed by atoms with van der Waals surface area (Å²) in [4.78, 5) is 0. The molecule has 0 unspecified atom stereocenters. The predicted molar refractivity (Wildman–Crippen MR) is 43.5 cm³/mol. The summed E-state index contributed by atoms with van der Waals surface area (Å²) in [5, 5.41) is 24.2. The molecule has 2 aromatic rings. The number of nitrogens with one attached hydrogen (secondary N) is 1. The number of nitrogens with two attached hydrogens (primary N) is 1. The smallest absolute Gasteiger partial charge is 0.204 e.